The Hall–Kier alpha value is -1.55. The number of aryl methyl sites for hydroxylation is 1. The molecular weight excluding hydrogens is 326 g/mol. The molecule has 0 heterocycles. The number of rotatable bonds is 13. The number of likely N-dealkylation sites (N-methyl/N-ethyl adjacent to an activating group) is 1. The normalized spacial score (nSPS) is 12.7. The summed E-state index contributed by atoms with van der Waals surface area (Å²) in [6, 6.07) is 8.14. The van der Waals surface area contributed by atoms with Crippen LogP contribution in [0.25, 0.3) is 0 Å². The van der Waals surface area contributed by atoms with Gasteiger partial charge in [0, 0.05) is 6.42 Å². The van der Waals surface area contributed by atoms with Gasteiger partial charge in [0.15, 0.2) is 6.04 Å². The molecule has 4 nitrogen and oxygen atoms in total. The highest BCUT2D eigenvalue weighted by atomic mass is 16.5. The number of nitrogens with zero attached hydrogens (tertiary/aromatic N) is 1. The predicted molar refractivity (Wildman–Crippen MR) is 109 cm³/mol. The summed E-state index contributed by atoms with van der Waals surface area (Å²) in [7, 11) is 6.12. The Morgan fingerprint density at radius 2 is 1.50 bits per heavy atom. The van der Waals surface area contributed by atoms with Crippen molar-refractivity contribution >= 4 is 5.97 Å². The van der Waals surface area contributed by atoms with E-state index in [2.05, 4.69) is 19.1 Å². The summed E-state index contributed by atoms with van der Waals surface area (Å²) in [5, 5.41) is 0. The van der Waals surface area contributed by atoms with Crippen molar-refractivity contribution in [1.29, 1.82) is 0 Å². The zero-order valence-electron chi connectivity index (χ0n) is 18.4. The molecule has 150 valence electrons. The third-order valence-electron chi connectivity index (χ3n) is 4.67. The van der Waals surface area contributed by atoms with E-state index in [0.29, 0.717) is 11.1 Å². The van der Waals surface area contributed by atoms with Gasteiger partial charge < -0.3 is 15.4 Å². The molecule has 0 aromatic heterocycles. The van der Waals surface area contributed by atoms with E-state index < -0.39 is 0 Å². The van der Waals surface area contributed by atoms with Gasteiger partial charge in [-0.15, -0.1) is 0 Å². The summed E-state index contributed by atoms with van der Waals surface area (Å²) in [4.78, 5) is 12.1. The molecule has 0 aliphatic heterocycles. The highest BCUT2D eigenvalue weighted by Crippen LogP contribution is 2.13. The van der Waals surface area contributed by atoms with Crippen LogP contribution in [-0.2, 0) is 9.53 Å². The van der Waals surface area contributed by atoms with Gasteiger partial charge in [0.05, 0.1) is 34.4 Å². The van der Waals surface area contributed by atoms with Gasteiger partial charge in [-0.1, -0.05) is 50.3 Å². The number of unbranched alkanes of at least 4 members (excludes halogenated alkanes) is 5. The standard InChI is InChI=1S/C22H38NO3.H/c1-6-21(23(3,4)5)22(24)26-18-12-10-8-7-9-11-17-25-20-15-13-19(2)14-16-20;/h13-16,21H,6-12,17-18H2,1-5H3;/q+1;-1/i;1+2. The Kier molecular flexibility index (Phi) is 10.3. The minimum atomic E-state index is -0.0662. The fourth-order valence-electron chi connectivity index (χ4n) is 3.04. The second-order valence-corrected chi connectivity index (χ2v) is 7.99. The molecule has 4 heteroatoms. The Balaban J connectivity index is 0.00000676. The van der Waals surface area contributed by atoms with Gasteiger partial charge in [0.1, 0.15) is 5.75 Å². The van der Waals surface area contributed by atoms with Crippen LogP contribution < -0.4 is 4.74 Å². The van der Waals surface area contributed by atoms with Crippen LogP contribution in [0, 0.1) is 6.92 Å². The van der Waals surface area contributed by atoms with E-state index in [0.717, 1.165) is 38.0 Å². The molecule has 0 spiro atoms. The number of carbonyl (C=O) groups excluding carboxylic acids is 1. The summed E-state index contributed by atoms with van der Waals surface area (Å²) in [5.41, 5.74) is 1.26. The number of ether oxygens (including phenoxy) is 2. The minimum absolute atomic E-state index is 0. The molecule has 1 atom stereocenters. The van der Waals surface area contributed by atoms with Crippen molar-refractivity contribution in [2.45, 2.75) is 64.8 Å². The molecule has 1 rings (SSSR count). The second-order valence-electron chi connectivity index (χ2n) is 7.99. The third-order valence-corrected chi connectivity index (χ3v) is 4.67. The average Bonchev–Trinajstić information content (AvgIpc) is 2.57. The van der Waals surface area contributed by atoms with Crippen molar-refractivity contribution in [2.75, 3.05) is 34.4 Å². The van der Waals surface area contributed by atoms with Gasteiger partial charge >= 0.3 is 5.97 Å². The SMILES string of the molecule is CCC(C(=O)OCCCCCCCCOc1ccc(C)cc1)[N+](C)(C)C.[3H-]. The quantitative estimate of drug-likeness (QED) is 0.284. The molecule has 0 fully saturated rings. The molecule has 0 N–H and O–H groups in total. The fraction of sp³-hybridized carbons (Fsp3) is 0.682. The first-order chi connectivity index (χ1) is 12.3. The maximum absolute atomic E-state index is 12.1. The minimum Gasteiger partial charge on any atom is -1.00 e. The molecule has 1 aromatic rings. The van der Waals surface area contributed by atoms with E-state index in [1.54, 1.807) is 0 Å². The molecule has 1 unspecified atom stereocenters. The molecule has 0 bridgehead atoms. The van der Waals surface area contributed by atoms with Crippen molar-refractivity contribution in [1.82, 2.24) is 0 Å². The topological polar surface area (TPSA) is 35.5 Å². The maximum atomic E-state index is 12.1. The van der Waals surface area contributed by atoms with E-state index in [4.69, 9.17) is 9.47 Å². The Morgan fingerprint density at radius 1 is 0.962 bits per heavy atom. The zero-order valence-corrected chi connectivity index (χ0v) is 17.4. The monoisotopic (exact) mass is 367 g/mol. The number of carbonyl (C=O) groups is 1. The predicted octanol–water partition coefficient (Wildman–Crippen LogP) is 4.85. The van der Waals surface area contributed by atoms with Crippen LogP contribution in [0.4, 0.5) is 0 Å². The highest BCUT2D eigenvalue weighted by Gasteiger charge is 2.30. The summed E-state index contributed by atoms with van der Waals surface area (Å²) in [6.45, 7) is 5.45. The number of quaternary nitrogens is 1. The van der Waals surface area contributed by atoms with Crippen LogP contribution >= 0.6 is 0 Å². The number of benzene rings is 1. The largest absolute Gasteiger partial charge is 1.00 e. The summed E-state index contributed by atoms with van der Waals surface area (Å²) < 4.78 is 11.8. The molecule has 0 aliphatic rings. The summed E-state index contributed by atoms with van der Waals surface area (Å²) in [6.07, 6.45) is 7.56. The molecule has 0 aliphatic carbocycles. The van der Waals surface area contributed by atoms with Crippen LogP contribution in [0.3, 0.4) is 0 Å². The van der Waals surface area contributed by atoms with Crippen molar-refractivity contribution in [3.05, 3.63) is 29.8 Å². The van der Waals surface area contributed by atoms with Gasteiger partial charge in [-0.3, -0.25) is 0 Å². The Bertz CT molecular complexity index is 511. The van der Waals surface area contributed by atoms with Gasteiger partial charge in [0.2, 0.25) is 0 Å². The molecular formula is C22H39NO3. The second kappa shape index (κ2) is 11.9. The summed E-state index contributed by atoms with van der Waals surface area (Å²) >= 11 is 0. The number of esters is 1. The van der Waals surface area contributed by atoms with Gasteiger partial charge in [-0.2, -0.15) is 0 Å². The van der Waals surface area contributed by atoms with E-state index in [-0.39, 0.29) is 13.4 Å². The molecule has 0 amide bonds. The first-order valence-electron chi connectivity index (χ1n) is 10.0. The first kappa shape index (κ1) is 22.5. The van der Waals surface area contributed by atoms with Crippen LogP contribution in [0.1, 0.15) is 58.9 Å². The van der Waals surface area contributed by atoms with Crippen molar-refractivity contribution < 1.29 is 20.2 Å². The lowest BCUT2D eigenvalue weighted by atomic mass is 10.1. The number of hydrogen-bond acceptors (Lipinski definition) is 3. The van der Waals surface area contributed by atoms with Gasteiger partial charge in [0.25, 0.3) is 0 Å². The van der Waals surface area contributed by atoms with Crippen LogP contribution in [0.5, 0.6) is 5.75 Å². The Labute approximate surface area is 161 Å². The van der Waals surface area contributed by atoms with E-state index in [9.17, 15) is 4.79 Å². The molecule has 0 radical (unpaired) electrons. The molecule has 26 heavy (non-hydrogen) atoms. The maximum Gasteiger partial charge on any atom is 0.364 e. The smallest absolute Gasteiger partial charge is 0.364 e. The summed E-state index contributed by atoms with van der Waals surface area (Å²) in [5.74, 6) is 0.893. The van der Waals surface area contributed by atoms with Crippen LogP contribution in [-0.4, -0.2) is 50.9 Å². The van der Waals surface area contributed by atoms with E-state index >= 15 is 0 Å². The molecule has 0 saturated carbocycles. The van der Waals surface area contributed by atoms with Gasteiger partial charge in [-0.05, 0) is 31.9 Å². The van der Waals surface area contributed by atoms with Crippen molar-refractivity contribution in [2.24, 2.45) is 0 Å². The lowest BCUT2D eigenvalue weighted by Gasteiger charge is -2.31. The lowest BCUT2D eigenvalue weighted by Crippen LogP contribution is -2.50. The van der Waals surface area contributed by atoms with Crippen LogP contribution in [0.2, 0.25) is 0 Å². The highest BCUT2D eigenvalue weighted by molar-refractivity contribution is 5.74. The van der Waals surface area contributed by atoms with Crippen LogP contribution in [0.15, 0.2) is 24.3 Å². The average molecular weight is 368 g/mol. The third kappa shape index (κ3) is 9.23. The lowest BCUT2D eigenvalue weighted by molar-refractivity contribution is -0.887. The van der Waals surface area contributed by atoms with E-state index in [1.165, 1.54) is 24.8 Å². The molecule has 0 saturated heterocycles. The number of hydrogen-bond donors (Lipinski definition) is 0. The Morgan fingerprint density at radius 3 is 2.04 bits per heavy atom. The van der Waals surface area contributed by atoms with Crippen molar-refractivity contribution in [3.8, 4) is 5.75 Å². The molecule has 1 aromatic carbocycles. The zero-order chi connectivity index (χ0) is 19.4. The first-order valence-corrected chi connectivity index (χ1v) is 10.0. The fourth-order valence-corrected chi connectivity index (χ4v) is 3.04. The van der Waals surface area contributed by atoms with Crippen molar-refractivity contribution in [3.63, 3.8) is 0 Å². The van der Waals surface area contributed by atoms with Gasteiger partial charge in [-0.25, -0.2) is 4.79 Å². The van der Waals surface area contributed by atoms with E-state index in [1.807, 2.05) is 40.2 Å².